The van der Waals surface area contributed by atoms with Crippen molar-refractivity contribution >= 4 is 16.0 Å². The number of hydrogen-bond donors (Lipinski definition) is 3. The molecule has 0 radical (unpaired) electrons. The maximum atomic E-state index is 11.5. The zero-order valence-corrected chi connectivity index (χ0v) is 9.94. The largest absolute Gasteiger partial charge is 0.508 e. The Hall–Kier alpha value is -1.60. The smallest absolute Gasteiger partial charge is 0.323 e. The van der Waals surface area contributed by atoms with Crippen molar-refractivity contribution in [2.45, 2.75) is 18.7 Å². The molecule has 0 fully saturated rings. The minimum atomic E-state index is -3.88. The Balaban J connectivity index is 2.68. The van der Waals surface area contributed by atoms with Crippen LogP contribution >= 0.6 is 0 Å². The third-order valence-corrected chi connectivity index (χ3v) is 3.91. The van der Waals surface area contributed by atoms with Crippen LogP contribution in [0.25, 0.3) is 0 Å². The molecule has 0 amide bonds. The lowest BCUT2D eigenvalue weighted by Crippen LogP contribution is -2.37. The van der Waals surface area contributed by atoms with Gasteiger partial charge in [-0.25, -0.2) is 13.1 Å². The van der Waals surface area contributed by atoms with E-state index in [0.717, 1.165) is 6.92 Å². The fourth-order valence-electron chi connectivity index (χ4n) is 1.06. The predicted molar refractivity (Wildman–Crippen MR) is 61.0 cm³/mol. The Labute approximate surface area is 99.0 Å². The molecule has 6 nitrogen and oxygen atoms in total. The topological polar surface area (TPSA) is 104 Å². The number of carbonyl (C=O) groups is 1. The van der Waals surface area contributed by atoms with E-state index >= 15 is 0 Å². The maximum Gasteiger partial charge on any atom is 0.323 e. The third-order valence-electron chi connectivity index (χ3n) is 2.23. The molecule has 0 aromatic heterocycles. The molecule has 1 unspecified atom stereocenters. The number of aromatic hydroxyl groups is 1. The zero-order chi connectivity index (χ0) is 13.1. The van der Waals surface area contributed by atoms with E-state index in [-0.39, 0.29) is 12.3 Å². The molecule has 1 rings (SSSR count). The van der Waals surface area contributed by atoms with Crippen molar-refractivity contribution in [3.63, 3.8) is 0 Å². The number of carboxylic acids is 1. The van der Waals surface area contributed by atoms with E-state index in [1.807, 2.05) is 0 Å². The molecule has 3 N–H and O–H groups in total. The molecule has 0 bridgehead atoms. The van der Waals surface area contributed by atoms with Crippen molar-refractivity contribution in [1.29, 1.82) is 0 Å². The summed E-state index contributed by atoms with van der Waals surface area (Å²) in [5.74, 6) is -1.32. The highest BCUT2D eigenvalue weighted by molar-refractivity contribution is 7.90. The summed E-state index contributed by atoms with van der Waals surface area (Å²) < 4.78 is 25.1. The van der Waals surface area contributed by atoms with Gasteiger partial charge in [0.25, 0.3) is 0 Å². The lowest BCUT2D eigenvalue weighted by molar-refractivity contribution is -0.136. The number of hydrogen-bond acceptors (Lipinski definition) is 4. The quantitative estimate of drug-likeness (QED) is 0.705. The predicted octanol–water partition coefficient (Wildman–Crippen LogP) is 0.285. The number of rotatable bonds is 5. The van der Waals surface area contributed by atoms with Crippen LogP contribution in [-0.4, -0.2) is 29.9 Å². The summed E-state index contributed by atoms with van der Waals surface area (Å²) in [6.07, 6.45) is 0. The summed E-state index contributed by atoms with van der Waals surface area (Å²) >= 11 is 0. The first kappa shape index (κ1) is 13.5. The van der Waals surface area contributed by atoms with Gasteiger partial charge in [0.15, 0.2) is 5.25 Å². The van der Waals surface area contributed by atoms with Gasteiger partial charge in [-0.3, -0.25) is 4.79 Å². The second kappa shape index (κ2) is 5.15. The third kappa shape index (κ3) is 3.72. The van der Waals surface area contributed by atoms with Gasteiger partial charge in [0.05, 0.1) is 0 Å². The number of phenolic OH excluding ortho intramolecular Hbond substituents is 1. The fourth-order valence-corrected chi connectivity index (χ4v) is 1.94. The highest BCUT2D eigenvalue weighted by Crippen LogP contribution is 2.10. The van der Waals surface area contributed by atoms with Gasteiger partial charge in [-0.1, -0.05) is 12.1 Å². The minimum Gasteiger partial charge on any atom is -0.508 e. The summed E-state index contributed by atoms with van der Waals surface area (Å²) in [6.45, 7) is 1.09. The molecule has 0 saturated carbocycles. The Morgan fingerprint density at radius 2 is 1.88 bits per heavy atom. The van der Waals surface area contributed by atoms with Crippen LogP contribution in [0.2, 0.25) is 0 Å². The number of phenols is 1. The van der Waals surface area contributed by atoms with Crippen LogP contribution in [0.4, 0.5) is 0 Å². The van der Waals surface area contributed by atoms with Crippen LogP contribution in [0.3, 0.4) is 0 Å². The van der Waals surface area contributed by atoms with Crippen LogP contribution in [0.5, 0.6) is 5.75 Å². The molecule has 94 valence electrons. The normalized spacial score (nSPS) is 13.2. The van der Waals surface area contributed by atoms with Gasteiger partial charge in [0, 0.05) is 6.54 Å². The molecular formula is C10H13NO5S. The van der Waals surface area contributed by atoms with E-state index < -0.39 is 21.2 Å². The molecule has 7 heteroatoms. The highest BCUT2D eigenvalue weighted by atomic mass is 32.2. The van der Waals surface area contributed by atoms with E-state index in [1.54, 1.807) is 12.1 Å². The number of nitrogens with one attached hydrogen (secondary N) is 1. The molecule has 0 aliphatic rings. The minimum absolute atomic E-state index is 0.0137. The maximum absolute atomic E-state index is 11.5. The van der Waals surface area contributed by atoms with E-state index in [9.17, 15) is 13.2 Å². The lowest BCUT2D eigenvalue weighted by Gasteiger charge is -2.10. The first-order valence-corrected chi connectivity index (χ1v) is 6.37. The Morgan fingerprint density at radius 1 is 1.35 bits per heavy atom. The van der Waals surface area contributed by atoms with Gasteiger partial charge in [0.2, 0.25) is 10.0 Å². The van der Waals surface area contributed by atoms with E-state index in [2.05, 4.69) is 4.72 Å². The Morgan fingerprint density at radius 3 is 2.35 bits per heavy atom. The Bertz CT molecular complexity index is 494. The average molecular weight is 259 g/mol. The SMILES string of the molecule is CC(C(=O)O)S(=O)(=O)NCc1ccc(O)cc1. The van der Waals surface area contributed by atoms with Crippen LogP contribution in [0.1, 0.15) is 12.5 Å². The van der Waals surface area contributed by atoms with Gasteiger partial charge < -0.3 is 10.2 Å². The molecule has 0 spiro atoms. The van der Waals surface area contributed by atoms with Crippen molar-refractivity contribution in [3.05, 3.63) is 29.8 Å². The first-order valence-electron chi connectivity index (χ1n) is 4.82. The summed E-state index contributed by atoms with van der Waals surface area (Å²) in [6, 6.07) is 5.93. The molecule has 0 heterocycles. The summed E-state index contributed by atoms with van der Waals surface area (Å²) in [7, 11) is -3.88. The molecule has 1 aromatic carbocycles. The van der Waals surface area contributed by atoms with Gasteiger partial charge in [-0.05, 0) is 24.6 Å². The number of carboxylic acid groups (broad SMARTS) is 1. The second-order valence-electron chi connectivity index (χ2n) is 3.51. The standard InChI is InChI=1S/C10H13NO5S/c1-7(10(13)14)17(15,16)11-6-8-2-4-9(12)5-3-8/h2-5,7,11-12H,6H2,1H3,(H,13,14). The molecule has 1 atom stereocenters. The summed E-state index contributed by atoms with van der Waals surface area (Å²) in [4.78, 5) is 10.5. The highest BCUT2D eigenvalue weighted by Gasteiger charge is 2.26. The number of aliphatic carboxylic acids is 1. The zero-order valence-electron chi connectivity index (χ0n) is 9.12. The van der Waals surface area contributed by atoms with Crippen molar-refractivity contribution in [2.75, 3.05) is 0 Å². The molecular weight excluding hydrogens is 246 g/mol. The van der Waals surface area contributed by atoms with Gasteiger partial charge >= 0.3 is 5.97 Å². The molecule has 17 heavy (non-hydrogen) atoms. The van der Waals surface area contributed by atoms with Crippen LogP contribution in [-0.2, 0) is 21.4 Å². The van der Waals surface area contributed by atoms with E-state index in [0.29, 0.717) is 5.56 Å². The van der Waals surface area contributed by atoms with E-state index in [4.69, 9.17) is 10.2 Å². The van der Waals surface area contributed by atoms with Crippen LogP contribution in [0.15, 0.2) is 24.3 Å². The fraction of sp³-hybridized carbons (Fsp3) is 0.300. The van der Waals surface area contributed by atoms with Gasteiger partial charge in [-0.15, -0.1) is 0 Å². The van der Waals surface area contributed by atoms with Crippen molar-refractivity contribution in [1.82, 2.24) is 4.72 Å². The Kier molecular flexibility index (Phi) is 4.08. The van der Waals surface area contributed by atoms with Gasteiger partial charge in [-0.2, -0.15) is 0 Å². The van der Waals surface area contributed by atoms with Crippen LogP contribution < -0.4 is 4.72 Å². The summed E-state index contributed by atoms with van der Waals surface area (Å²) in [5, 5.41) is 16.1. The van der Waals surface area contributed by atoms with Crippen molar-refractivity contribution in [2.24, 2.45) is 0 Å². The second-order valence-corrected chi connectivity index (χ2v) is 5.60. The van der Waals surface area contributed by atoms with Crippen LogP contribution in [0, 0.1) is 0 Å². The van der Waals surface area contributed by atoms with Crippen molar-refractivity contribution in [3.8, 4) is 5.75 Å². The number of sulfonamides is 1. The first-order chi connectivity index (χ1) is 7.83. The van der Waals surface area contributed by atoms with Crippen molar-refractivity contribution < 1.29 is 23.4 Å². The molecule has 0 aliphatic carbocycles. The number of benzene rings is 1. The monoisotopic (exact) mass is 259 g/mol. The molecule has 1 aromatic rings. The lowest BCUT2D eigenvalue weighted by atomic mass is 10.2. The average Bonchev–Trinajstić information content (AvgIpc) is 2.27. The molecule has 0 saturated heterocycles. The summed E-state index contributed by atoms with van der Waals surface area (Å²) in [5.41, 5.74) is 0.629. The molecule has 0 aliphatic heterocycles. The van der Waals surface area contributed by atoms with Gasteiger partial charge in [0.1, 0.15) is 5.75 Å². The van der Waals surface area contributed by atoms with E-state index in [1.165, 1.54) is 12.1 Å².